The number of carbonyl (C=O) groups excluding carboxylic acids is 4. The number of anilines is 4. The summed E-state index contributed by atoms with van der Waals surface area (Å²) in [6.07, 6.45) is -2.55. The number of hydrogen-bond acceptors (Lipinski definition) is 11. The van der Waals surface area contributed by atoms with Gasteiger partial charge in [-0.3, -0.25) is 43.6 Å². The summed E-state index contributed by atoms with van der Waals surface area (Å²) in [5, 5.41) is 17.9. The van der Waals surface area contributed by atoms with Gasteiger partial charge in [0.15, 0.2) is 5.50 Å². The number of thiol groups is 1. The van der Waals surface area contributed by atoms with E-state index in [1.165, 1.54) is 11.0 Å². The lowest BCUT2D eigenvalue weighted by Gasteiger charge is -2.44. The summed E-state index contributed by atoms with van der Waals surface area (Å²) in [7, 11) is 0. The van der Waals surface area contributed by atoms with Crippen LogP contribution in [-0.2, 0) is 31.8 Å². The summed E-state index contributed by atoms with van der Waals surface area (Å²) in [5.41, 5.74) is -1.60. The highest BCUT2D eigenvalue weighted by molar-refractivity contribution is 7.81. The van der Waals surface area contributed by atoms with Gasteiger partial charge in [0, 0.05) is 72.8 Å². The number of halogens is 5. The summed E-state index contributed by atoms with van der Waals surface area (Å²) in [4.78, 5) is 58.1. The summed E-state index contributed by atoms with van der Waals surface area (Å²) >= 11 is 11.1. The average Bonchev–Trinajstić information content (AvgIpc) is 3.43. The minimum Gasteiger partial charge on any atom is -0.492 e. The molecule has 3 aliphatic heterocycles. The molecule has 324 valence electrons. The van der Waals surface area contributed by atoms with Crippen LogP contribution in [0.25, 0.3) is 0 Å². The van der Waals surface area contributed by atoms with E-state index in [0.29, 0.717) is 85.4 Å². The summed E-state index contributed by atoms with van der Waals surface area (Å²) in [6.45, 7) is 4.32. The number of aryl methyl sites for hydroxylation is 1. The molecule has 3 aromatic carbocycles. The van der Waals surface area contributed by atoms with Gasteiger partial charge in [0.2, 0.25) is 17.7 Å². The van der Waals surface area contributed by atoms with Crippen molar-refractivity contribution < 1.29 is 41.5 Å². The maximum absolute atomic E-state index is 14.0. The van der Waals surface area contributed by atoms with Gasteiger partial charge in [-0.15, -0.1) is 12.6 Å². The minimum absolute atomic E-state index is 0.0262. The van der Waals surface area contributed by atoms with E-state index in [9.17, 15) is 42.0 Å². The van der Waals surface area contributed by atoms with Crippen molar-refractivity contribution in [2.45, 2.75) is 74.7 Å². The first-order chi connectivity index (χ1) is 29.1. The third-order valence-corrected chi connectivity index (χ3v) is 12.4. The Bertz CT molecular complexity index is 2240. The van der Waals surface area contributed by atoms with Crippen LogP contribution in [0.4, 0.5) is 40.3 Å². The molecule has 61 heavy (non-hydrogen) atoms. The lowest BCUT2D eigenvalue weighted by molar-refractivity contribution is -0.138. The van der Waals surface area contributed by atoms with Crippen LogP contribution in [0.1, 0.15) is 55.7 Å². The van der Waals surface area contributed by atoms with E-state index in [4.69, 9.17) is 29.0 Å². The molecule has 1 spiro atoms. The van der Waals surface area contributed by atoms with E-state index in [2.05, 4.69) is 25.8 Å². The van der Waals surface area contributed by atoms with E-state index in [0.717, 1.165) is 18.6 Å². The van der Waals surface area contributed by atoms with Gasteiger partial charge < -0.3 is 20.3 Å². The molecule has 3 aromatic rings. The van der Waals surface area contributed by atoms with Crippen LogP contribution in [-0.4, -0.2) is 103 Å². The standard InChI is InChI=1S/C42H45ClF4N8O5S/c1-25-23-52(13-14-53(25)24-37(57)50-30-19-28(43)18-29(20-30)49-34-6-8-36(56)51-38(34)58)15-16-60-35-7-5-32(17-26(35)9-12-44)55-40(61)54(39(59)41(55)10-2-11-41)31-4-3-27(22-48)33(21-31)42(45,46)47/h3-5,7,17-21,25,34,40,49,61H,2,6,8-16,23-24H2,1H3,(H,50,57)(H,51,56,58)/t25-,34?,40+/m1/s1. The normalized spacial score (nSPS) is 21.9. The molecular weight excluding hydrogens is 840 g/mol. The number of rotatable bonds is 13. The third-order valence-electron chi connectivity index (χ3n) is 11.7. The molecule has 1 unspecified atom stereocenters. The van der Waals surface area contributed by atoms with Crippen LogP contribution in [0.3, 0.4) is 0 Å². The fourth-order valence-electron chi connectivity index (χ4n) is 8.49. The van der Waals surface area contributed by atoms with Crippen LogP contribution in [0, 0.1) is 11.3 Å². The Morgan fingerprint density at radius 1 is 1.07 bits per heavy atom. The van der Waals surface area contributed by atoms with Crippen LogP contribution in [0.5, 0.6) is 5.75 Å². The molecule has 7 rings (SSSR count). The van der Waals surface area contributed by atoms with E-state index in [1.54, 1.807) is 47.4 Å². The number of nitrogens with zero attached hydrogens (tertiary/aromatic N) is 5. The first-order valence-electron chi connectivity index (χ1n) is 20.0. The first kappa shape index (κ1) is 44.0. The number of ether oxygens (including phenoxy) is 1. The van der Waals surface area contributed by atoms with Crippen molar-refractivity contribution >= 4 is 70.6 Å². The van der Waals surface area contributed by atoms with Gasteiger partial charge >= 0.3 is 6.18 Å². The van der Waals surface area contributed by atoms with Crippen molar-refractivity contribution in [3.63, 3.8) is 0 Å². The van der Waals surface area contributed by atoms with Crippen molar-refractivity contribution in [3.05, 3.63) is 76.3 Å². The van der Waals surface area contributed by atoms with Crippen molar-refractivity contribution in [2.75, 3.05) is 66.4 Å². The van der Waals surface area contributed by atoms with Crippen LogP contribution >= 0.6 is 24.2 Å². The predicted octanol–water partition coefficient (Wildman–Crippen LogP) is 5.97. The molecule has 1 saturated carbocycles. The van der Waals surface area contributed by atoms with Gasteiger partial charge in [-0.2, -0.15) is 18.4 Å². The first-order valence-corrected chi connectivity index (χ1v) is 20.9. The second-order valence-corrected chi connectivity index (χ2v) is 16.6. The van der Waals surface area contributed by atoms with E-state index in [1.807, 2.05) is 6.92 Å². The zero-order valence-corrected chi connectivity index (χ0v) is 34.9. The smallest absolute Gasteiger partial charge is 0.417 e. The number of nitriles is 1. The molecule has 0 bridgehead atoms. The topological polar surface area (TPSA) is 150 Å². The van der Waals surface area contributed by atoms with Crippen molar-refractivity contribution in [1.82, 2.24) is 15.1 Å². The molecule has 3 N–H and O–H groups in total. The molecule has 3 atom stereocenters. The average molecular weight is 885 g/mol. The van der Waals surface area contributed by atoms with Crippen molar-refractivity contribution in [1.29, 1.82) is 5.26 Å². The number of carbonyl (C=O) groups is 4. The zero-order valence-electron chi connectivity index (χ0n) is 33.2. The number of imide groups is 1. The molecule has 3 heterocycles. The molecular formula is C42H45ClF4N8O5S. The highest BCUT2D eigenvalue weighted by Crippen LogP contribution is 2.51. The predicted molar refractivity (Wildman–Crippen MR) is 224 cm³/mol. The quantitative estimate of drug-likeness (QED) is 0.0919. The lowest BCUT2D eigenvalue weighted by Crippen LogP contribution is -2.55. The number of piperidine rings is 1. The Morgan fingerprint density at radius 3 is 2.49 bits per heavy atom. The number of alkyl halides is 4. The number of benzene rings is 3. The Balaban J connectivity index is 0.942. The van der Waals surface area contributed by atoms with Crippen molar-refractivity contribution in [3.8, 4) is 11.8 Å². The maximum Gasteiger partial charge on any atom is 0.417 e. The SMILES string of the molecule is C[C@@H]1CN(CCOc2ccc(N3[C@@H](S)N(c4ccc(C#N)c(C(F)(F)F)c4)C(=O)C34CCC4)cc2CCF)CCN1CC(=O)Nc1cc(Cl)cc(NC2CCC(=O)NC2=O)c1. The van der Waals surface area contributed by atoms with Crippen LogP contribution in [0.2, 0.25) is 5.02 Å². The molecule has 3 saturated heterocycles. The molecule has 13 nitrogen and oxygen atoms in total. The molecule has 1 aliphatic carbocycles. The number of amides is 4. The Labute approximate surface area is 360 Å². The number of hydrogen-bond donors (Lipinski definition) is 4. The summed E-state index contributed by atoms with van der Waals surface area (Å²) in [5.74, 6) is -0.885. The van der Waals surface area contributed by atoms with E-state index < -0.39 is 52.9 Å². The van der Waals surface area contributed by atoms with E-state index in [-0.39, 0.29) is 42.9 Å². The monoisotopic (exact) mass is 884 g/mol. The fourth-order valence-corrected chi connectivity index (χ4v) is 9.32. The summed E-state index contributed by atoms with van der Waals surface area (Å²) in [6, 6.07) is 14.3. The molecule has 4 amide bonds. The van der Waals surface area contributed by atoms with Crippen LogP contribution < -0.4 is 30.5 Å². The molecule has 0 aromatic heterocycles. The Hall–Kier alpha value is -5.09. The van der Waals surface area contributed by atoms with Gasteiger partial charge in [-0.1, -0.05) is 11.6 Å². The fraction of sp³-hybridized carbons (Fsp3) is 0.452. The largest absolute Gasteiger partial charge is 0.492 e. The highest BCUT2D eigenvalue weighted by atomic mass is 35.5. The molecule has 0 radical (unpaired) electrons. The second-order valence-electron chi connectivity index (χ2n) is 15.7. The van der Waals surface area contributed by atoms with Crippen molar-refractivity contribution in [2.24, 2.45) is 0 Å². The molecule has 4 aliphatic rings. The van der Waals surface area contributed by atoms with Crippen LogP contribution in [0.15, 0.2) is 54.6 Å². The summed E-state index contributed by atoms with van der Waals surface area (Å²) < 4.78 is 61.7. The van der Waals surface area contributed by atoms with Gasteiger partial charge in [-0.25, -0.2) is 0 Å². The Morgan fingerprint density at radius 2 is 1.82 bits per heavy atom. The van der Waals surface area contributed by atoms with Gasteiger partial charge in [0.05, 0.1) is 30.4 Å². The molecule has 19 heteroatoms. The number of nitrogens with one attached hydrogen (secondary N) is 3. The zero-order chi connectivity index (χ0) is 43.6. The third kappa shape index (κ3) is 9.40. The maximum atomic E-state index is 14.0. The van der Waals surface area contributed by atoms with Gasteiger partial charge in [-0.05, 0) is 92.8 Å². The lowest BCUT2D eigenvalue weighted by atomic mass is 9.75. The molecule has 4 fully saturated rings. The van der Waals surface area contributed by atoms with E-state index >= 15 is 0 Å². The van der Waals surface area contributed by atoms with Gasteiger partial charge in [0.25, 0.3) is 5.91 Å². The second kappa shape index (κ2) is 18.1. The Kier molecular flexibility index (Phi) is 13.0. The number of piperazine rings is 1. The van der Waals surface area contributed by atoms with Gasteiger partial charge in [0.1, 0.15) is 23.9 Å². The minimum atomic E-state index is -4.81. The highest BCUT2D eigenvalue weighted by Gasteiger charge is 2.60.